The molecule has 2 aromatic rings. The molecule has 0 amide bonds. The number of benzene rings is 2. The molecule has 0 atom stereocenters. The number of sulfonamides is 1. The summed E-state index contributed by atoms with van der Waals surface area (Å²) in [5.41, 5.74) is -0.260. The van der Waals surface area contributed by atoms with E-state index < -0.39 is 49.9 Å². The van der Waals surface area contributed by atoms with E-state index in [2.05, 4.69) is 31.9 Å². The van der Waals surface area contributed by atoms with Gasteiger partial charge in [0.15, 0.2) is 0 Å². The van der Waals surface area contributed by atoms with E-state index in [0.717, 1.165) is 42.7 Å². The van der Waals surface area contributed by atoms with Gasteiger partial charge in [-0.2, -0.15) is 30.7 Å². The maximum Gasteiger partial charge on any atom is 0.460 e. The van der Waals surface area contributed by atoms with Gasteiger partial charge in [-0.3, -0.25) is 0 Å². The van der Waals surface area contributed by atoms with Gasteiger partial charge in [-0.1, -0.05) is 0 Å². The summed E-state index contributed by atoms with van der Waals surface area (Å²) in [4.78, 5) is -0.719. The summed E-state index contributed by atoms with van der Waals surface area (Å²) in [6.07, 6.45) is -5.70. The normalized spacial score (nSPS) is 13.4. The van der Waals surface area contributed by atoms with Crippen molar-refractivity contribution in [1.82, 2.24) is 0 Å². The van der Waals surface area contributed by atoms with Crippen molar-refractivity contribution in [2.45, 2.75) is 22.2 Å². The minimum Gasteiger partial charge on any atom is -0.236 e. The van der Waals surface area contributed by atoms with Crippen LogP contribution in [-0.4, -0.2) is 32.0 Å². The summed E-state index contributed by atoms with van der Waals surface area (Å²) in [5, 5.41) is -5.56. The molecule has 0 saturated carbocycles. The highest BCUT2D eigenvalue weighted by molar-refractivity contribution is 9.11. The lowest BCUT2D eigenvalue weighted by Crippen LogP contribution is -2.49. The molecule has 0 unspecified atom stereocenters. The number of rotatable bonds is 6. The van der Waals surface area contributed by atoms with Gasteiger partial charge >= 0.3 is 17.4 Å². The minimum atomic E-state index is -6.49. The van der Waals surface area contributed by atoms with Crippen LogP contribution in [0.5, 0.6) is 0 Å². The first-order chi connectivity index (χ1) is 13.9. The zero-order chi connectivity index (χ0) is 24.0. The third-order valence-electron chi connectivity index (χ3n) is 3.55. The van der Waals surface area contributed by atoms with Crippen LogP contribution in [0, 0.1) is 5.82 Å². The first kappa shape index (κ1) is 26.2. The Bertz CT molecular complexity index is 1050. The van der Waals surface area contributed by atoms with Crippen LogP contribution >= 0.6 is 43.6 Å². The Morgan fingerprint density at radius 2 is 1.35 bits per heavy atom. The Morgan fingerprint density at radius 3 is 1.74 bits per heavy atom. The second-order valence-corrected chi connectivity index (χ2v) is 10.7. The van der Waals surface area contributed by atoms with E-state index in [0.29, 0.717) is 4.31 Å². The van der Waals surface area contributed by atoms with Crippen molar-refractivity contribution < 1.29 is 43.5 Å². The monoisotopic (exact) mass is 621 g/mol. The SMILES string of the molecule is CS(=O)(=O)N(c1ccc(F)cc1)c1c(Br)cc(SC(F)(F)C(F)(F)C(F)(F)F)cc1Br. The van der Waals surface area contributed by atoms with Crippen molar-refractivity contribution in [2.75, 3.05) is 10.6 Å². The molecule has 0 saturated heterocycles. The van der Waals surface area contributed by atoms with E-state index in [-0.39, 0.29) is 20.3 Å². The Morgan fingerprint density at radius 1 is 0.903 bits per heavy atom. The number of hydrogen-bond donors (Lipinski definition) is 0. The molecule has 0 spiro atoms. The molecule has 31 heavy (non-hydrogen) atoms. The lowest BCUT2D eigenvalue weighted by atomic mass is 10.2. The largest absolute Gasteiger partial charge is 0.460 e. The molecule has 0 aliphatic heterocycles. The van der Waals surface area contributed by atoms with Crippen LogP contribution in [0.1, 0.15) is 0 Å². The summed E-state index contributed by atoms with van der Waals surface area (Å²) in [7, 11) is -4.09. The molecule has 15 heteroatoms. The number of anilines is 2. The topological polar surface area (TPSA) is 37.4 Å². The number of thioether (sulfide) groups is 1. The molecule has 0 aromatic heterocycles. The first-order valence-corrected chi connectivity index (χ1v) is 11.9. The van der Waals surface area contributed by atoms with Gasteiger partial charge in [-0.15, -0.1) is 0 Å². The Kier molecular flexibility index (Phi) is 7.36. The molecule has 2 aromatic carbocycles. The molecule has 172 valence electrons. The number of alkyl halides is 7. The van der Waals surface area contributed by atoms with Gasteiger partial charge < -0.3 is 0 Å². The zero-order valence-corrected chi connectivity index (χ0v) is 19.6. The molecule has 0 heterocycles. The number of hydrogen-bond acceptors (Lipinski definition) is 3. The van der Waals surface area contributed by atoms with Crippen LogP contribution in [0.2, 0.25) is 0 Å². The minimum absolute atomic E-state index is 0.0559. The first-order valence-electron chi connectivity index (χ1n) is 7.65. The van der Waals surface area contributed by atoms with Crippen molar-refractivity contribution in [3.8, 4) is 0 Å². The molecule has 0 aliphatic carbocycles. The van der Waals surface area contributed by atoms with Crippen molar-refractivity contribution in [2.24, 2.45) is 0 Å². The molecule has 0 aliphatic rings. The van der Waals surface area contributed by atoms with Crippen LogP contribution in [-0.2, 0) is 10.0 Å². The van der Waals surface area contributed by atoms with Gasteiger partial charge in [-0.05, 0) is 80.0 Å². The summed E-state index contributed by atoms with van der Waals surface area (Å²) in [6.45, 7) is 0. The highest BCUT2D eigenvalue weighted by atomic mass is 79.9. The average molecular weight is 623 g/mol. The zero-order valence-electron chi connectivity index (χ0n) is 14.8. The number of halogens is 10. The lowest BCUT2D eigenvalue weighted by molar-refractivity contribution is -0.330. The molecule has 2 rings (SSSR count). The fraction of sp³-hybridized carbons (Fsp3) is 0.250. The van der Waals surface area contributed by atoms with Crippen LogP contribution in [0.4, 0.5) is 46.5 Å². The van der Waals surface area contributed by atoms with Gasteiger partial charge in [0.2, 0.25) is 10.0 Å². The van der Waals surface area contributed by atoms with Crippen molar-refractivity contribution >= 4 is 65.0 Å². The Hall–Kier alpha value is -1.06. The van der Waals surface area contributed by atoms with Gasteiger partial charge in [0.25, 0.3) is 0 Å². The highest BCUT2D eigenvalue weighted by Crippen LogP contribution is 2.55. The van der Waals surface area contributed by atoms with Gasteiger partial charge in [0, 0.05) is 13.8 Å². The fourth-order valence-electron chi connectivity index (χ4n) is 2.24. The van der Waals surface area contributed by atoms with Crippen LogP contribution < -0.4 is 4.31 Å². The molecular weight excluding hydrogens is 614 g/mol. The summed E-state index contributed by atoms with van der Waals surface area (Å²) in [5.74, 6) is -7.00. The molecule has 0 N–H and O–H groups in total. The maximum absolute atomic E-state index is 13.7. The van der Waals surface area contributed by atoms with Gasteiger partial charge in [0.1, 0.15) is 5.82 Å². The van der Waals surface area contributed by atoms with Crippen molar-refractivity contribution in [1.29, 1.82) is 0 Å². The van der Waals surface area contributed by atoms with E-state index in [1.807, 2.05) is 0 Å². The molecule has 3 nitrogen and oxygen atoms in total. The van der Waals surface area contributed by atoms with Crippen molar-refractivity contribution in [3.63, 3.8) is 0 Å². The van der Waals surface area contributed by atoms with Gasteiger partial charge in [-0.25, -0.2) is 17.1 Å². The number of nitrogens with zero attached hydrogens (tertiary/aromatic N) is 1. The van der Waals surface area contributed by atoms with Crippen LogP contribution in [0.15, 0.2) is 50.2 Å². The van der Waals surface area contributed by atoms with Gasteiger partial charge in [0.05, 0.1) is 17.6 Å². The highest BCUT2D eigenvalue weighted by Gasteiger charge is 2.73. The Balaban J connectivity index is 2.56. The summed E-state index contributed by atoms with van der Waals surface area (Å²) < 4.78 is 129. The van der Waals surface area contributed by atoms with Crippen LogP contribution in [0.3, 0.4) is 0 Å². The van der Waals surface area contributed by atoms with E-state index >= 15 is 0 Å². The van der Waals surface area contributed by atoms with E-state index in [9.17, 15) is 43.5 Å². The van der Waals surface area contributed by atoms with E-state index in [1.54, 1.807) is 0 Å². The second-order valence-electron chi connectivity index (χ2n) is 5.93. The molecular formula is C16H9Br2F8NO2S2. The summed E-state index contributed by atoms with van der Waals surface area (Å²) >= 11 is 4.80. The third-order valence-corrected chi connectivity index (χ3v) is 6.80. The summed E-state index contributed by atoms with van der Waals surface area (Å²) in [6, 6.07) is 5.64. The standard InChI is InChI=1S/C16H9Br2F8NO2S2/c1-31(28,29)27(9-4-2-8(19)3-5-9)13-11(17)6-10(7-12(13)18)30-16(25,26)14(20,21)15(22,23)24/h2-7H,1H3. The smallest absolute Gasteiger partial charge is 0.236 e. The fourth-order valence-corrected chi connectivity index (χ4v) is 6.24. The molecule has 0 radical (unpaired) electrons. The predicted molar refractivity (Wildman–Crippen MR) is 107 cm³/mol. The molecule has 0 fully saturated rings. The Labute approximate surface area is 192 Å². The quantitative estimate of drug-likeness (QED) is 0.250. The predicted octanol–water partition coefficient (Wildman–Crippen LogP) is 7.33. The lowest BCUT2D eigenvalue weighted by Gasteiger charge is -2.28. The second kappa shape index (κ2) is 8.71. The van der Waals surface area contributed by atoms with E-state index in [4.69, 9.17) is 0 Å². The molecule has 0 bridgehead atoms. The van der Waals surface area contributed by atoms with Crippen LogP contribution in [0.25, 0.3) is 0 Å². The van der Waals surface area contributed by atoms with Crippen molar-refractivity contribution in [3.05, 3.63) is 51.2 Å². The van der Waals surface area contributed by atoms with E-state index in [1.165, 1.54) is 0 Å². The average Bonchev–Trinajstić information content (AvgIpc) is 2.56. The third kappa shape index (κ3) is 5.47. The maximum atomic E-state index is 13.7.